The van der Waals surface area contributed by atoms with Crippen LogP contribution in [0.4, 0.5) is 17.1 Å². The maximum absolute atomic E-state index is 9.88. The number of aryl methyl sites for hydroxylation is 1. The maximum atomic E-state index is 9.88. The van der Waals surface area contributed by atoms with Gasteiger partial charge in [-0.05, 0) is 70.6 Å². The van der Waals surface area contributed by atoms with E-state index in [-0.39, 0.29) is 0 Å². The Kier molecular flexibility index (Phi) is 6.84. The number of benzene rings is 7. The highest BCUT2D eigenvalue weighted by atomic mass is 15.1. The van der Waals surface area contributed by atoms with Gasteiger partial charge in [0.05, 0.1) is 16.8 Å². The lowest BCUT2D eigenvalue weighted by Gasteiger charge is -2.27. The molecular formula is C41H27N3. The van der Waals surface area contributed by atoms with Crippen LogP contribution >= 0.6 is 0 Å². The molecule has 3 heteroatoms. The van der Waals surface area contributed by atoms with Crippen molar-refractivity contribution in [2.24, 2.45) is 0 Å². The van der Waals surface area contributed by atoms with Crippen molar-refractivity contribution in [2.75, 3.05) is 4.90 Å². The van der Waals surface area contributed by atoms with E-state index in [2.05, 4.69) is 133 Å². The van der Waals surface area contributed by atoms with Crippen LogP contribution < -0.4 is 4.90 Å². The smallest absolute Gasteiger partial charge is 0.101 e. The summed E-state index contributed by atoms with van der Waals surface area (Å²) < 4.78 is 0. The van der Waals surface area contributed by atoms with Gasteiger partial charge in [0.15, 0.2) is 0 Å². The second-order valence-electron chi connectivity index (χ2n) is 10.9. The van der Waals surface area contributed by atoms with E-state index >= 15 is 0 Å². The van der Waals surface area contributed by atoms with E-state index in [0.29, 0.717) is 11.1 Å². The number of nitrogens with zero attached hydrogens (tertiary/aromatic N) is 3. The molecule has 0 N–H and O–H groups in total. The summed E-state index contributed by atoms with van der Waals surface area (Å²) in [5, 5.41) is 25.6. The molecule has 206 valence electrons. The lowest BCUT2D eigenvalue weighted by molar-refractivity contribution is 1.29. The molecule has 0 saturated heterocycles. The molecule has 0 bridgehead atoms. The average molecular weight is 562 g/mol. The molecule has 0 aliphatic heterocycles. The minimum Gasteiger partial charge on any atom is -0.310 e. The number of fused-ring (bicyclic) bond motifs is 4. The Balaban J connectivity index is 1.26. The average Bonchev–Trinajstić information content (AvgIpc) is 3.08. The number of anilines is 3. The summed E-state index contributed by atoms with van der Waals surface area (Å²) in [5.74, 6) is 0. The van der Waals surface area contributed by atoms with Crippen LogP contribution in [-0.4, -0.2) is 0 Å². The van der Waals surface area contributed by atoms with Crippen LogP contribution in [0.3, 0.4) is 0 Å². The van der Waals surface area contributed by atoms with Gasteiger partial charge in [-0.25, -0.2) is 0 Å². The Hall–Kier alpha value is -6.16. The molecule has 0 radical (unpaired) electrons. The summed E-state index contributed by atoms with van der Waals surface area (Å²) in [5.41, 5.74) is 7.51. The lowest BCUT2D eigenvalue weighted by atomic mass is 9.91. The number of hydrogen-bond donors (Lipinski definition) is 0. The Labute approximate surface area is 256 Å². The molecule has 7 aromatic rings. The summed E-state index contributed by atoms with van der Waals surface area (Å²) in [7, 11) is 0. The topological polar surface area (TPSA) is 50.8 Å². The molecule has 0 aromatic heterocycles. The molecule has 0 unspecified atom stereocenters. The standard InChI is InChI=1S/C41H27N3/c1-28-13-20-32(21-14-28)44(41-12-6-8-31-7-2-3-9-34(31)41)33-22-17-29(18-23-33)15-16-30-19-24-37-38(25-30)35-10-4-5-11-36(35)39(26-42)40(37)27-43/h2-25H,1H3. The molecule has 0 spiro atoms. The van der Waals surface area contributed by atoms with Gasteiger partial charge in [0.25, 0.3) is 0 Å². The van der Waals surface area contributed by atoms with E-state index in [9.17, 15) is 10.5 Å². The SMILES string of the molecule is Cc1ccc(N(c2ccc(C=Cc3ccc4c(C#N)c(C#N)c5ccccc5c4c3)cc2)c2cccc3ccccc23)cc1. The predicted octanol–water partition coefficient (Wildman–Crippen LogP) is 10.8. The first-order valence-corrected chi connectivity index (χ1v) is 14.6. The van der Waals surface area contributed by atoms with Crippen molar-refractivity contribution in [3.8, 4) is 12.1 Å². The van der Waals surface area contributed by atoms with Crippen molar-refractivity contribution < 1.29 is 0 Å². The van der Waals surface area contributed by atoms with Gasteiger partial charge < -0.3 is 4.90 Å². The van der Waals surface area contributed by atoms with Gasteiger partial charge in [-0.3, -0.25) is 0 Å². The van der Waals surface area contributed by atoms with Crippen molar-refractivity contribution in [1.29, 1.82) is 10.5 Å². The van der Waals surface area contributed by atoms with Crippen molar-refractivity contribution in [3.63, 3.8) is 0 Å². The van der Waals surface area contributed by atoms with Crippen molar-refractivity contribution >= 4 is 61.5 Å². The molecule has 0 heterocycles. The van der Waals surface area contributed by atoms with Gasteiger partial charge in [-0.1, -0.05) is 115 Å². The second-order valence-corrected chi connectivity index (χ2v) is 10.9. The fraction of sp³-hybridized carbons (Fsp3) is 0.0244. The molecule has 3 nitrogen and oxygen atoms in total. The van der Waals surface area contributed by atoms with E-state index in [1.54, 1.807) is 0 Å². The highest BCUT2D eigenvalue weighted by molar-refractivity contribution is 6.13. The largest absolute Gasteiger partial charge is 0.310 e. The van der Waals surface area contributed by atoms with E-state index in [1.807, 2.05) is 36.4 Å². The normalized spacial score (nSPS) is 11.2. The molecule has 0 fully saturated rings. The molecule has 44 heavy (non-hydrogen) atoms. The fourth-order valence-corrected chi connectivity index (χ4v) is 6.00. The van der Waals surface area contributed by atoms with Crippen LogP contribution in [0.25, 0.3) is 44.5 Å². The first-order valence-electron chi connectivity index (χ1n) is 14.6. The Morgan fingerprint density at radius 1 is 0.500 bits per heavy atom. The van der Waals surface area contributed by atoms with Gasteiger partial charge in [0, 0.05) is 27.5 Å². The van der Waals surface area contributed by atoms with E-state index in [1.165, 1.54) is 16.3 Å². The Morgan fingerprint density at radius 2 is 1.05 bits per heavy atom. The second kappa shape index (κ2) is 11.3. The van der Waals surface area contributed by atoms with Gasteiger partial charge in [-0.2, -0.15) is 10.5 Å². The third-order valence-corrected chi connectivity index (χ3v) is 8.19. The predicted molar refractivity (Wildman–Crippen MR) is 183 cm³/mol. The molecule has 0 aliphatic rings. The zero-order valence-corrected chi connectivity index (χ0v) is 24.2. The quantitative estimate of drug-likeness (QED) is 0.155. The minimum atomic E-state index is 0.427. The number of rotatable bonds is 5. The summed E-state index contributed by atoms with van der Waals surface area (Å²) in [6.07, 6.45) is 4.20. The maximum Gasteiger partial charge on any atom is 0.101 e. The molecule has 0 amide bonds. The summed E-state index contributed by atoms with van der Waals surface area (Å²) >= 11 is 0. The van der Waals surface area contributed by atoms with Crippen LogP contribution in [0.5, 0.6) is 0 Å². The van der Waals surface area contributed by atoms with Gasteiger partial charge >= 0.3 is 0 Å². The zero-order valence-electron chi connectivity index (χ0n) is 24.2. The molecule has 0 saturated carbocycles. The van der Waals surface area contributed by atoms with Gasteiger partial charge in [0.2, 0.25) is 0 Å². The van der Waals surface area contributed by atoms with Crippen molar-refractivity contribution in [3.05, 3.63) is 161 Å². The van der Waals surface area contributed by atoms with E-state index in [0.717, 1.165) is 49.7 Å². The number of hydrogen-bond acceptors (Lipinski definition) is 3. The Morgan fingerprint density at radius 3 is 1.75 bits per heavy atom. The van der Waals surface area contributed by atoms with Gasteiger partial charge in [-0.15, -0.1) is 0 Å². The van der Waals surface area contributed by atoms with Crippen LogP contribution in [0.2, 0.25) is 0 Å². The zero-order chi connectivity index (χ0) is 30.0. The van der Waals surface area contributed by atoms with Crippen LogP contribution in [0.15, 0.2) is 133 Å². The first kappa shape index (κ1) is 26.7. The van der Waals surface area contributed by atoms with E-state index < -0.39 is 0 Å². The monoisotopic (exact) mass is 561 g/mol. The molecule has 7 rings (SSSR count). The molecule has 7 aromatic carbocycles. The van der Waals surface area contributed by atoms with E-state index in [4.69, 9.17) is 0 Å². The van der Waals surface area contributed by atoms with Crippen molar-refractivity contribution in [2.45, 2.75) is 6.92 Å². The minimum absolute atomic E-state index is 0.427. The van der Waals surface area contributed by atoms with Crippen LogP contribution in [0.1, 0.15) is 27.8 Å². The fourth-order valence-electron chi connectivity index (χ4n) is 6.00. The third kappa shape index (κ3) is 4.74. The highest BCUT2D eigenvalue weighted by Gasteiger charge is 2.16. The summed E-state index contributed by atoms with van der Waals surface area (Å²) in [6.45, 7) is 2.11. The molecular weight excluding hydrogens is 534 g/mol. The van der Waals surface area contributed by atoms with Gasteiger partial charge in [0.1, 0.15) is 12.1 Å². The highest BCUT2D eigenvalue weighted by Crippen LogP contribution is 2.39. The molecule has 0 atom stereocenters. The lowest BCUT2D eigenvalue weighted by Crippen LogP contribution is -2.10. The number of nitriles is 2. The first-order chi connectivity index (χ1) is 21.6. The van der Waals surface area contributed by atoms with Crippen molar-refractivity contribution in [1.82, 2.24) is 0 Å². The van der Waals surface area contributed by atoms with Crippen LogP contribution in [-0.2, 0) is 0 Å². The van der Waals surface area contributed by atoms with Crippen LogP contribution in [0, 0.1) is 29.6 Å². The summed E-state index contributed by atoms with van der Waals surface area (Å²) in [4.78, 5) is 2.31. The summed E-state index contributed by atoms with van der Waals surface area (Å²) in [6, 6.07) is 50.6. The third-order valence-electron chi connectivity index (χ3n) is 8.19. The molecule has 0 aliphatic carbocycles. The Bertz CT molecular complexity index is 2290.